The van der Waals surface area contributed by atoms with Gasteiger partial charge in [0.2, 0.25) is 5.91 Å². The Balaban J connectivity index is 1.69. The summed E-state index contributed by atoms with van der Waals surface area (Å²) in [6.07, 6.45) is 3.01. The smallest absolute Gasteiger partial charge is 0.347 e. The topological polar surface area (TPSA) is 93.9 Å². The Bertz CT molecular complexity index is 1130. The number of anilines is 1. The van der Waals surface area contributed by atoms with E-state index >= 15 is 0 Å². The highest BCUT2D eigenvalue weighted by molar-refractivity contribution is 6.31. The molecule has 3 rings (SSSR count). The maximum Gasteiger partial charge on any atom is 0.347 e. The Morgan fingerprint density at radius 3 is 2.66 bits per heavy atom. The monoisotopic (exact) mass is 485 g/mol. The summed E-state index contributed by atoms with van der Waals surface area (Å²) in [5, 5.41) is 16.5. The van der Waals surface area contributed by atoms with Crippen LogP contribution in [0.5, 0.6) is 0 Å². The number of nitrogens with zero attached hydrogens (tertiary/aromatic N) is 3. The van der Waals surface area contributed by atoms with Gasteiger partial charge in [-0.25, -0.2) is 9.37 Å². The number of carbonyl (C=O) groups excluding carboxylic acids is 1. The third-order valence-corrected chi connectivity index (χ3v) is 5.04. The zero-order valence-electron chi connectivity index (χ0n) is 16.3. The second kappa shape index (κ2) is 10.0. The summed E-state index contributed by atoms with van der Waals surface area (Å²) in [5.74, 6) is -5.79. The number of amides is 1. The van der Waals surface area contributed by atoms with Gasteiger partial charge in [-0.15, -0.1) is 0 Å². The zero-order valence-corrected chi connectivity index (χ0v) is 17.8. The Kier molecular flexibility index (Phi) is 7.37. The van der Waals surface area contributed by atoms with E-state index < -0.39 is 42.1 Å². The Morgan fingerprint density at radius 1 is 1.16 bits per heavy atom. The molecular weight excluding hydrogens is 470 g/mol. The number of hydrogen-bond donors (Lipinski definition) is 2. The molecule has 3 aromatic heterocycles. The molecule has 7 nitrogen and oxygen atoms in total. The van der Waals surface area contributed by atoms with Crippen molar-refractivity contribution < 1.29 is 22.7 Å². The molecule has 0 saturated carbocycles. The van der Waals surface area contributed by atoms with Gasteiger partial charge in [-0.2, -0.15) is 13.5 Å². The molecule has 12 heteroatoms. The van der Waals surface area contributed by atoms with Crippen molar-refractivity contribution in [1.82, 2.24) is 15.3 Å². The van der Waals surface area contributed by atoms with Gasteiger partial charge in [-0.3, -0.25) is 9.78 Å². The number of carbonyl (C=O) groups is 1. The summed E-state index contributed by atoms with van der Waals surface area (Å²) in [6.45, 7) is -1.10. The quantitative estimate of drug-likeness (QED) is 0.375. The van der Waals surface area contributed by atoms with E-state index in [1.807, 2.05) is 0 Å². The molecule has 0 aromatic carbocycles. The van der Waals surface area contributed by atoms with Gasteiger partial charge < -0.3 is 15.8 Å². The SMILES string of the molecule is O=C(Cc1c(Cl)cnc(NCC(F)(F)c2cccc[n+]2[O-])c1F)NCc1ncccc1Cl. The van der Waals surface area contributed by atoms with Crippen LogP contribution in [-0.2, 0) is 23.7 Å². The molecule has 0 aliphatic carbocycles. The average molecular weight is 486 g/mol. The molecule has 0 radical (unpaired) electrons. The van der Waals surface area contributed by atoms with Crippen molar-refractivity contribution in [3.8, 4) is 0 Å². The van der Waals surface area contributed by atoms with Crippen molar-refractivity contribution in [2.24, 2.45) is 0 Å². The highest BCUT2D eigenvalue weighted by Gasteiger charge is 2.39. The first-order valence-electron chi connectivity index (χ1n) is 9.18. The maximum atomic E-state index is 14.8. The number of rotatable bonds is 8. The standard InChI is InChI=1S/C20H16Cl2F3N5O2/c21-13-4-3-6-26-15(13)10-27-17(31)8-12-14(22)9-28-19(18(12)23)29-11-20(24,25)16-5-1-2-7-30(16)32/h1-7,9H,8,10-11H2,(H,27,31)(H,28,29). The van der Waals surface area contributed by atoms with Crippen LogP contribution in [0.25, 0.3) is 0 Å². The van der Waals surface area contributed by atoms with E-state index in [2.05, 4.69) is 20.6 Å². The van der Waals surface area contributed by atoms with Gasteiger partial charge >= 0.3 is 5.92 Å². The van der Waals surface area contributed by atoms with Crippen molar-refractivity contribution in [2.75, 3.05) is 11.9 Å². The van der Waals surface area contributed by atoms with Gasteiger partial charge in [-0.1, -0.05) is 23.2 Å². The second-order valence-corrected chi connectivity index (χ2v) is 7.42. The molecular formula is C20H16Cl2F3N5O2. The third kappa shape index (κ3) is 5.57. The first-order chi connectivity index (χ1) is 15.2. The fourth-order valence-corrected chi connectivity index (χ4v) is 3.13. The fraction of sp³-hybridized carbons (Fsp3) is 0.200. The molecule has 0 fully saturated rings. The molecule has 3 heterocycles. The van der Waals surface area contributed by atoms with Crippen LogP contribution in [0.1, 0.15) is 17.0 Å². The first-order valence-corrected chi connectivity index (χ1v) is 9.94. The molecule has 3 aromatic rings. The molecule has 0 aliphatic heterocycles. The number of pyridine rings is 3. The molecule has 0 atom stereocenters. The van der Waals surface area contributed by atoms with Crippen molar-refractivity contribution >= 4 is 34.9 Å². The average Bonchev–Trinajstić information content (AvgIpc) is 2.75. The number of aromatic nitrogens is 3. The van der Waals surface area contributed by atoms with Crippen LogP contribution < -0.4 is 15.4 Å². The van der Waals surface area contributed by atoms with Gasteiger partial charge in [0.15, 0.2) is 17.8 Å². The van der Waals surface area contributed by atoms with Gasteiger partial charge in [-0.05, 0) is 18.2 Å². The molecule has 0 unspecified atom stereocenters. The Morgan fingerprint density at radius 2 is 1.94 bits per heavy atom. The summed E-state index contributed by atoms with van der Waals surface area (Å²) in [7, 11) is 0. The lowest BCUT2D eigenvalue weighted by Gasteiger charge is -2.17. The third-order valence-electron chi connectivity index (χ3n) is 4.37. The predicted molar refractivity (Wildman–Crippen MR) is 112 cm³/mol. The number of halogens is 5. The van der Waals surface area contributed by atoms with Crippen molar-refractivity contribution in [1.29, 1.82) is 0 Å². The van der Waals surface area contributed by atoms with E-state index in [1.165, 1.54) is 18.3 Å². The van der Waals surface area contributed by atoms with E-state index in [0.717, 1.165) is 18.5 Å². The highest BCUT2D eigenvalue weighted by atomic mass is 35.5. The molecule has 0 spiro atoms. The molecule has 0 saturated heterocycles. The summed E-state index contributed by atoms with van der Waals surface area (Å²) in [6, 6.07) is 6.79. The molecule has 168 valence electrons. The lowest BCUT2D eigenvalue weighted by Crippen LogP contribution is -2.41. The fourth-order valence-electron chi connectivity index (χ4n) is 2.74. The summed E-state index contributed by atoms with van der Waals surface area (Å²) in [5.41, 5.74) is -0.615. The molecule has 1 amide bonds. The van der Waals surface area contributed by atoms with Crippen LogP contribution >= 0.6 is 23.2 Å². The van der Waals surface area contributed by atoms with Gasteiger partial charge in [0.25, 0.3) is 5.69 Å². The number of nitrogens with one attached hydrogen (secondary N) is 2. The molecule has 0 bridgehead atoms. The minimum atomic E-state index is -3.61. The number of alkyl halides is 2. The van der Waals surface area contributed by atoms with Crippen LogP contribution in [0.15, 0.2) is 48.9 Å². The second-order valence-electron chi connectivity index (χ2n) is 6.60. The summed E-state index contributed by atoms with van der Waals surface area (Å²) < 4.78 is 43.6. The van der Waals surface area contributed by atoms with Crippen LogP contribution in [-0.4, -0.2) is 22.4 Å². The van der Waals surface area contributed by atoms with Crippen molar-refractivity contribution in [3.63, 3.8) is 0 Å². The van der Waals surface area contributed by atoms with Crippen LogP contribution in [0.3, 0.4) is 0 Å². The highest BCUT2D eigenvalue weighted by Crippen LogP contribution is 2.28. The Labute approximate surface area is 190 Å². The van der Waals surface area contributed by atoms with E-state index in [-0.39, 0.29) is 21.9 Å². The molecule has 32 heavy (non-hydrogen) atoms. The zero-order chi connectivity index (χ0) is 23.3. The largest absolute Gasteiger partial charge is 0.618 e. The van der Waals surface area contributed by atoms with Gasteiger partial charge in [0.05, 0.1) is 35.2 Å². The minimum Gasteiger partial charge on any atom is -0.618 e. The van der Waals surface area contributed by atoms with Crippen LogP contribution in [0.4, 0.5) is 19.0 Å². The van der Waals surface area contributed by atoms with E-state index in [1.54, 1.807) is 12.1 Å². The van der Waals surface area contributed by atoms with Crippen LogP contribution in [0, 0.1) is 11.0 Å². The minimum absolute atomic E-state index is 0.00638. The van der Waals surface area contributed by atoms with Gasteiger partial charge in [0.1, 0.15) is 0 Å². The van der Waals surface area contributed by atoms with Gasteiger partial charge in [0, 0.05) is 30.1 Å². The van der Waals surface area contributed by atoms with Crippen LogP contribution in [0.2, 0.25) is 10.0 Å². The summed E-state index contributed by atoms with van der Waals surface area (Å²) in [4.78, 5) is 19.9. The van der Waals surface area contributed by atoms with E-state index in [0.29, 0.717) is 10.7 Å². The van der Waals surface area contributed by atoms with E-state index in [9.17, 15) is 23.2 Å². The maximum absolute atomic E-state index is 14.8. The lowest BCUT2D eigenvalue weighted by atomic mass is 10.1. The van der Waals surface area contributed by atoms with Crippen molar-refractivity contribution in [3.05, 3.63) is 86.9 Å². The first kappa shape index (κ1) is 23.6. The predicted octanol–water partition coefficient (Wildman–Crippen LogP) is 3.62. The molecule has 0 aliphatic rings. The van der Waals surface area contributed by atoms with E-state index in [4.69, 9.17) is 23.2 Å². The number of hydrogen-bond acceptors (Lipinski definition) is 5. The molecule has 2 N–H and O–H groups in total. The lowest BCUT2D eigenvalue weighted by molar-refractivity contribution is -0.624. The summed E-state index contributed by atoms with van der Waals surface area (Å²) >= 11 is 11.9. The van der Waals surface area contributed by atoms with Crippen molar-refractivity contribution in [2.45, 2.75) is 18.9 Å². The Hall–Kier alpha value is -3.11. The normalized spacial score (nSPS) is 11.3.